The van der Waals surface area contributed by atoms with E-state index >= 15 is 0 Å². The zero-order valence-electron chi connectivity index (χ0n) is 17.6. The number of likely N-dealkylation sites (N-methyl/N-ethyl adjacent to an activating group) is 1. The molecule has 0 fully saturated rings. The minimum absolute atomic E-state index is 0.198. The first-order valence-electron chi connectivity index (χ1n) is 10.0. The number of aromatic nitrogens is 2. The first-order valence-corrected chi connectivity index (χ1v) is 10.0. The zero-order chi connectivity index (χ0) is 23.0. The highest BCUT2D eigenvalue weighted by Crippen LogP contribution is 2.33. The highest BCUT2D eigenvalue weighted by molar-refractivity contribution is 5.92. The van der Waals surface area contributed by atoms with Crippen LogP contribution in [0.1, 0.15) is 27.3 Å². The molecule has 32 heavy (non-hydrogen) atoms. The SMILES string of the molecule is Cc1cc(=O)c(C(=O)N2CCN(C)c3ccccc3C2)nn1-c1ccccc1C(F)(F)F. The lowest BCUT2D eigenvalue weighted by atomic mass is 10.1. The van der Waals surface area contributed by atoms with E-state index in [0.29, 0.717) is 13.1 Å². The highest BCUT2D eigenvalue weighted by Gasteiger charge is 2.34. The van der Waals surface area contributed by atoms with Crippen LogP contribution in [0, 0.1) is 6.92 Å². The van der Waals surface area contributed by atoms with E-state index in [9.17, 15) is 22.8 Å². The van der Waals surface area contributed by atoms with Crippen molar-refractivity contribution in [2.24, 2.45) is 0 Å². The van der Waals surface area contributed by atoms with E-state index < -0.39 is 28.8 Å². The van der Waals surface area contributed by atoms with E-state index in [-0.39, 0.29) is 17.9 Å². The molecule has 2 aromatic carbocycles. The number of hydrogen-bond donors (Lipinski definition) is 0. The molecule has 2 heterocycles. The topological polar surface area (TPSA) is 58.4 Å². The number of carbonyl (C=O) groups excluding carboxylic acids is 1. The lowest BCUT2D eigenvalue weighted by molar-refractivity contribution is -0.137. The van der Waals surface area contributed by atoms with Crippen LogP contribution in [-0.4, -0.2) is 40.7 Å². The molecule has 1 aromatic heterocycles. The van der Waals surface area contributed by atoms with Gasteiger partial charge in [-0.15, -0.1) is 0 Å². The second-order valence-corrected chi connectivity index (χ2v) is 7.70. The van der Waals surface area contributed by atoms with Gasteiger partial charge in [0, 0.05) is 44.1 Å². The van der Waals surface area contributed by atoms with Crippen LogP contribution in [0.25, 0.3) is 5.69 Å². The number of anilines is 1. The van der Waals surface area contributed by atoms with Crippen LogP contribution in [0.3, 0.4) is 0 Å². The maximum absolute atomic E-state index is 13.5. The summed E-state index contributed by atoms with van der Waals surface area (Å²) < 4.78 is 41.6. The van der Waals surface area contributed by atoms with Gasteiger partial charge < -0.3 is 9.80 Å². The van der Waals surface area contributed by atoms with Crippen molar-refractivity contribution in [2.45, 2.75) is 19.6 Å². The normalized spacial score (nSPS) is 14.2. The Hall–Kier alpha value is -3.62. The number of hydrogen-bond acceptors (Lipinski definition) is 4. The van der Waals surface area contributed by atoms with Crippen LogP contribution in [0.2, 0.25) is 0 Å². The quantitative estimate of drug-likeness (QED) is 0.608. The Balaban J connectivity index is 1.77. The monoisotopic (exact) mass is 442 g/mol. The average Bonchev–Trinajstić information content (AvgIpc) is 2.92. The summed E-state index contributed by atoms with van der Waals surface area (Å²) in [6.07, 6.45) is -4.61. The van der Waals surface area contributed by atoms with E-state index in [2.05, 4.69) is 5.10 Å². The summed E-state index contributed by atoms with van der Waals surface area (Å²) >= 11 is 0. The summed E-state index contributed by atoms with van der Waals surface area (Å²) in [5, 5.41) is 4.10. The van der Waals surface area contributed by atoms with Crippen molar-refractivity contribution in [3.8, 4) is 5.69 Å². The molecule has 4 rings (SSSR count). The van der Waals surface area contributed by atoms with Crippen LogP contribution in [-0.2, 0) is 12.7 Å². The van der Waals surface area contributed by atoms with Crippen molar-refractivity contribution >= 4 is 11.6 Å². The van der Waals surface area contributed by atoms with Crippen LogP contribution in [0.15, 0.2) is 59.4 Å². The summed E-state index contributed by atoms with van der Waals surface area (Å²) in [7, 11) is 1.91. The van der Waals surface area contributed by atoms with Crippen LogP contribution in [0.5, 0.6) is 0 Å². The molecule has 0 saturated heterocycles. The molecule has 0 radical (unpaired) electrons. The molecule has 1 aliphatic heterocycles. The zero-order valence-corrected chi connectivity index (χ0v) is 17.6. The second kappa shape index (κ2) is 8.14. The van der Waals surface area contributed by atoms with Gasteiger partial charge in [0.25, 0.3) is 5.91 Å². The van der Waals surface area contributed by atoms with E-state index in [1.165, 1.54) is 30.0 Å². The standard InChI is InChI=1S/C23H21F3N4O2/c1-15-13-20(31)21(27-30(15)19-10-6-4-8-17(19)23(24,25)26)22(32)29-12-11-28(2)18-9-5-3-7-16(18)14-29/h3-10,13H,11-12,14H2,1-2H3. The molecule has 0 atom stereocenters. The fraction of sp³-hybridized carbons (Fsp3) is 0.261. The molecule has 0 unspecified atom stereocenters. The maximum Gasteiger partial charge on any atom is 0.418 e. The van der Waals surface area contributed by atoms with Gasteiger partial charge in [-0.05, 0) is 30.7 Å². The lowest BCUT2D eigenvalue weighted by Gasteiger charge is -2.21. The third-order valence-corrected chi connectivity index (χ3v) is 5.50. The molecule has 9 heteroatoms. The predicted molar refractivity (Wildman–Crippen MR) is 114 cm³/mol. The Morgan fingerprint density at radius 3 is 2.38 bits per heavy atom. The van der Waals surface area contributed by atoms with Gasteiger partial charge >= 0.3 is 6.18 Å². The number of rotatable bonds is 2. The molecule has 1 aliphatic rings. The molecule has 0 bridgehead atoms. The molecule has 1 amide bonds. The molecule has 3 aromatic rings. The summed E-state index contributed by atoms with van der Waals surface area (Å²) in [6.45, 7) is 2.64. The number of carbonyl (C=O) groups is 1. The van der Waals surface area contributed by atoms with E-state index in [0.717, 1.165) is 28.1 Å². The second-order valence-electron chi connectivity index (χ2n) is 7.70. The molecule has 6 nitrogen and oxygen atoms in total. The van der Waals surface area contributed by atoms with Gasteiger partial charge in [0.05, 0.1) is 11.3 Å². The smallest absolute Gasteiger partial charge is 0.373 e. The van der Waals surface area contributed by atoms with Gasteiger partial charge in [-0.2, -0.15) is 18.3 Å². The van der Waals surface area contributed by atoms with Gasteiger partial charge in [0.2, 0.25) is 5.43 Å². The third kappa shape index (κ3) is 3.98. The number of para-hydroxylation sites is 2. The number of fused-ring (bicyclic) bond motifs is 1. The summed E-state index contributed by atoms with van der Waals surface area (Å²) in [4.78, 5) is 29.4. The number of amides is 1. The minimum Gasteiger partial charge on any atom is -0.373 e. The molecule has 0 spiro atoms. The Morgan fingerprint density at radius 2 is 1.66 bits per heavy atom. The van der Waals surface area contributed by atoms with E-state index in [4.69, 9.17) is 0 Å². The number of benzene rings is 2. The first-order chi connectivity index (χ1) is 15.2. The van der Waals surface area contributed by atoms with Gasteiger partial charge in [0.15, 0.2) is 5.69 Å². The minimum atomic E-state index is -4.61. The number of nitrogens with zero attached hydrogens (tertiary/aromatic N) is 4. The van der Waals surface area contributed by atoms with E-state index in [1.807, 2.05) is 36.2 Å². The molecule has 0 saturated carbocycles. The fourth-order valence-electron chi connectivity index (χ4n) is 3.85. The average molecular weight is 442 g/mol. The van der Waals surface area contributed by atoms with Crippen molar-refractivity contribution in [1.82, 2.24) is 14.7 Å². The summed E-state index contributed by atoms with van der Waals surface area (Å²) in [5.41, 5.74) is -0.0831. The number of halogens is 3. The first kappa shape index (κ1) is 21.6. The van der Waals surface area contributed by atoms with Gasteiger partial charge in [-0.3, -0.25) is 9.59 Å². The Kier molecular flexibility index (Phi) is 5.50. The van der Waals surface area contributed by atoms with Crippen molar-refractivity contribution in [3.63, 3.8) is 0 Å². The van der Waals surface area contributed by atoms with Crippen molar-refractivity contribution in [2.75, 3.05) is 25.0 Å². The highest BCUT2D eigenvalue weighted by atomic mass is 19.4. The molecule has 0 aliphatic carbocycles. The van der Waals surface area contributed by atoms with Crippen LogP contribution >= 0.6 is 0 Å². The maximum atomic E-state index is 13.5. The van der Waals surface area contributed by atoms with Crippen molar-refractivity contribution < 1.29 is 18.0 Å². The molecule has 0 N–H and O–H groups in total. The largest absolute Gasteiger partial charge is 0.418 e. The van der Waals surface area contributed by atoms with Gasteiger partial charge in [-0.1, -0.05) is 30.3 Å². The van der Waals surface area contributed by atoms with Crippen LogP contribution in [0.4, 0.5) is 18.9 Å². The van der Waals surface area contributed by atoms with Gasteiger partial charge in [0.1, 0.15) is 0 Å². The summed E-state index contributed by atoms with van der Waals surface area (Å²) in [5.74, 6) is -0.613. The summed E-state index contributed by atoms with van der Waals surface area (Å²) in [6, 6.07) is 13.7. The predicted octanol–water partition coefficient (Wildman–Crippen LogP) is 3.65. The number of alkyl halides is 3. The van der Waals surface area contributed by atoms with Crippen molar-refractivity contribution in [1.29, 1.82) is 0 Å². The van der Waals surface area contributed by atoms with Crippen molar-refractivity contribution in [3.05, 3.63) is 87.3 Å². The van der Waals surface area contributed by atoms with Crippen LogP contribution < -0.4 is 10.3 Å². The Bertz CT molecular complexity index is 1240. The number of aryl methyl sites for hydroxylation is 1. The Morgan fingerprint density at radius 1 is 1.00 bits per heavy atom. The molecule has 166 valence electrons. The van der Waals surface area contributed by atoms with Gasteiger partial charge in [-0.25, -0.2) is 4.68 Å². The molecular formula is C23H21F3N4O2. The lowest BCUT2D eigenvalue weighted by Crippen LogP contribution is -2.38. The Labute approximate surface area is 182 Å². The fourth-order valence-corrected chi connectivity index (χ4v) is 3.85. The molecular weight excluding hydrogens is 421 g/mol. The third-order valence-electron chi connectivity index (χ3n) is 5.50. The van der Waals surface area contributed by atoms with E-state index in [1.54, 1.807) is 0 Å².